The zero-order chi connectivity index (χ0) is 14.7. The third-order valence-electron chi connectivity index (χ3n) is 2.88. The van der Waals surface area contributed by atoms with Crippen LogP contribution in [0.4, 0.5) is 21.5 Å². The van der Waals surface area contributed by atoms with Crippen LogP contribution >= 0.6 is 0 Å². The molecule has 0 aliphatic carbocycles. The van der Waals surface area contributed by atoms with E-state index in [9.17, 15) is 14.5 Å². The lowest BCUT2D eigenvalue weighted by atomic mass is 10.1. The fourth-order valence-electron chi connectivity index (χ4n) is 1.93. The number of nitrogens with two attached hydrogens (primary N) is 1. The van der Waals surface area contributed by atoms with Crippen LogP contribution in [-0.2, 0) is 0 Å². The summed E-state index contributed by atoms with van der Waals surface area (Å²) in [6.45, 7) is 1.84. The maximum atomic E-state index is 13.2. The zero-order valence-corrected chi connectivity index (χ0v) is 10.8. The summed E-state index contributed by atoms with van der Waals surface area (Å²) in [4.78, 5) is 10.3. The van der Waals surface area contributed by atoms with Crippen LogP contribution in [0.3, 0.4) is 0 Å². The number of benzene rings is 2. The first kappa shape index (κ1) is 13.8. The van der Waals surface area contributed by atoms with Gasteiger partial charge < -0.3 is 11.1 Å². The minimum absolute atomic E-state index is 0.0843. The number of nitro groups is 1. The van der Waals surface area contributed by atoms with Crippen LogP contribution in [0.5, 0.6) is 0 Å². The molecule has 0 amide bonds. The zero-order valence-electron chi connectivity index (χ0n) is 10.8. The number of nitrogens with zero attached hydrogens (tertiary/aromatic N) is 1. The van der Waals surface area contributed by atoms with Crippen molar-refractivity contribution < 1.29 is 9.31 Å². The SMILES string of the molecule is CC(Nc1cc(N)cc([N+](=O)[O-])c1)c1cccc(F)c1. The van der Waals surface area contributed by atoms with Crippen LogP contribution in [0.15, 0.2) is 42.5 Å². The standard InChI is InChI=1S/C14H14FN3O2/c1-9(10-3-2-4-11(15)5-10)17-13-6-12(16)7-14(8-13)18(19)20/h2-9,17H,16H2,1H3. The van der Waals surface area contributed by atoms with E-state index in [-0.39, 0.29) is 17.5 Å². The third kappa shape index (κ3) is 3.23. The van der Waals surface area contributed by atoms with Crippen molar-refractivity contribution in [2.24, 2.45) is 0 Å². The first-order valence-corrected chi connectivity index (χ1v) is 6.02. The van der Waals surface area contributed by atoms with E-state index >= 15 is 0 Å². The summed E-state index contributed by atoms with van der Waals surface area (Å²) in [6, 6.07) is 10.3. The van der Waals surface area contributed by atoms with Gasteiger partial charge in [-0.1, -0.05) is 12.1 Å². The molecule has 0 aliphatic heterocycles. The van der Waals surface area contributed by atoms with Crippen LogP contribution in [0.25, 0.3) is 0 Å². The Balaban J connectivity index is 2.23. The molecular weight excluding hydrogens is 261 g/mol. The van der Waals surface area contributed by atoms with Gasteiger partial charge in [-0.3, -0.25) is 10.1 Å². The number of halogens is 1. The van der Waals surface area contributed by atoms with Crippen molar-refractivity contribution in [3.05, 3.63) is 64.0 Å². The van der Waals surface area contributed by atoms with E-state index < -0.39 is 4.92 Å². The fraction of sp³-hybridized carbons (Fsp3) is 0.143. The molecule has 5 nitrogen and oxygen atoms in total. The molecular formula is C14H14FN3O2. The number of anilines is 2. The summed E-state index contributed by atoms with van der Waals surface area (Å²) < 4.78 is 13.2. The summed E-state index contributed by atoms with van der Waals surface area (Å²) in [5, 5.41) is 13.8. The smallest absolute Gasteiger partial charge is 0.273 e. The maximum absolute atomic E-state index is 13.2. The molecule has 0 fully saturated rings. The van der Waals surface area contributed by atoms with Crippen LogP contribution in [0.1, 0.15) is 18.5 Å². The highest BCUT2D eigenvalue weighted by Crippen LogP contribution is 2.26. The molecule has 3 N–H and O–H groups in total. The van der Waals surface area contributed by atoms with Gasteiger partial charge in [0.1, 0.15) is 5.82 Å². The van der Waals surface area contributed by atoms with E-state index in [2.05, 4.69) is 5.32 Å². The first-order chi connectivity index (χ1) is 9.45. The third-order valence-corrected chi connectivity index (χ3v) is 2.88. The lowest BCUT2D eigenvalue weighted by Crippen LogP contribution is -2.07. The van der Waals surface area contributed by atoms with Gasteiger partial charge in [0.15, 0.2) is 0 Å². The van der Waals surface area contributed by atoms with Crippen molar-refractivity contribution in [1.82, 2.24) is 0 Å². The van der Waals surface area contributed by atoms with E-state index in [0.717, 1.165) is 5.56 Å². The highest BCUT2D eigenvalue weighted by molar-refractivity contribution is 5.62. The predicted molar refractivity (Wildman–Crippen MR) is 75.9 cm³/mol. The molecule has 0 saturated carbocycles. The van der Waals surface area contributed by atoms with Crippen LogP contribution < -0.4 is 11.1 Å². The quantitative estimate of drug-likeness (QED) is 0.508. The molecule has 2 aromatic rings. The Morgan fingerprint density at radius 2 is 2.05 bits per heavy atom. The molecule has 20 heavy (non-hydrogen) atoms. The van der Waals surface area contributed by atoms with Crippen LogP contribution in [0, 0.1) is 15.9 Å². The lowest BCUT2D eigenvalue weighted by Gasteiger charge is -2.16. The molecule has 0 bridgehead atoms. The number of hydrogen-bond donors (Lipinski definition) is 2. The van der Waals surface area contributed by atoms with Gasteiger partial charge in [0, 0.05) is 29.5 Å². The fourth-order valence-corrected chi connectivity index (χ4v) is 1.93. The summed E-state index contributed by atoms with van der Waals surface area (Å²) in [5.74, 6) is -0.324. The molecule has 0 heterocycles. The number of hydrogen-bond acceptors (Lipinski definition) is 4. The summed E-state index contributed by atoms with van der Waals surface area (Å²) >= 11 is 0. The van der Waals surface area contributed by atoms with Crippen LogP contribution in [-0.4, -0.2) is 4.92 Å². The minimum atomic E-state index is -0.506. The molecule has 0 aliphatic rings. The Bertz CT molecular complexity index is 646. The van der Waals surface area contributed by atoms with E-state index in [0.29, 0.717) is 11.4 Å². The van der Waals surface area contributed by atoms with E-state index in [1.165, 1.54) is 24.3 Å². The van der Waals surface area contributed by atoms with Crippen molar-refractivity contribution in [1.29, 1.82) is 0 Å². The summed E-state index contributed by atoms with van der Waals surface area (Å²) in [6.07, 6.45) is 0. The number of nitro benzene ring substituents is 1. The Kier molecular flexibility index (Phi) is 3.84. The lowest BCUT2D eigenvalue weighted by molar-refractivity contribution is -0.384. The van der Waals surface area contributed by atoms with E-state index in [1.807, 2.05) is 6.92 Å². The molecule has 0 radical (unpaired) electrons. The van der Waals surface area contributed by atoms with Crippen molar-refractivity contribution in [2.75, 3.05) is 11.1 Å². The van der Waals surface area contributed by atoms with Crippen molar-refractivity contribution in [2.45, 2.75) is 13.0 Å². The highest BCUT2D eigenvalue weighted by atomic mass is 19.1. The van der Waals surface area contributed by atoms with Gasteiger partial charge >= 0.3 is 0 Å². The van der Waals surface area contributed by atoms with Crippen molar-refractivity contribution >= 4 is 17.1 Å². The largest absolute Gasteiger partial charge is 0.398 e. The second kappa shape index (κ2) is 5.56. The van der Waals surface area contributed by atoms with Gasteiger partial charge in [0.2, 0.25) is 0 Å². The molecule has 6 heteroatoms. The Morgan fingerprint density at radius 1 is 1.30 bits per heavy atom. The molecule has 0 saturated heterocycles. The van der Waals surface area contributed by atoms with E-state index in [4.69, 9.17) is 5.73 Å². The Hall–Kier alpha value is -2.63. The maximum Gasteiger partial charge on any atom is 0.273 e. The van der Waals surface area contributed by atoms with Gasteiger partial charge in [-0.25, -0.2) is 4.39 Å². The van der Waals surface area contributed by atoms with Crippen LogP contribution in [0.2, 0.25) is 0 Å². The van der Waals surface area contributed by atoms with Gasteiger partial charge in [-0.2, -0.15) is 0 Å². The number of nitrogens with one attached hydrogen (secondary N) is 1. The molecule has 0 spiro atoms. The monoisotopic (exact) mass is 275 g/mol. The Morgan fingerprint density at radius 3 is 2.70 bits per heavy atom. The minimum Gasteiger partial charge on any atom is -0.398 e. The number of nitrogen functional groups attached to an aromatic ring is 1. The molecule has 2 rings (SSSR count). The van der Waals surface area contributed by atoms with Gasteiger partial charge in [-0.15, -0.1) is 0 Å². The predicted octanol–water partition coefficient (Wildman–Crippen LogP) is 3.49. The number of non-ortho nitro benzene ring substituents is 1. The van der Waals surface area contributed by atoms with Gasteiger partial charge in [0.05, 0.1) is 4.92 Å². The van der Waals surface area contributed by atoms with E-state index in [1.54, 1.807) is 18.2 Å². The Labute approximate surface area is 115 Å². The van der Waals surface area contributed by atoms with Gasteiger partial charge in [-0.05, 0) is 30.7 Å². The summed E-state index contributed by atoms with van der Waals surface area (Å²) in [7, 11) is 0. The van der Waals surface area contributed by atoms with Crippen molar-refractivity contribution in [3.63, 3.8) is 0 Å². The molecule has 0 aromatic heterocycles. The highest BCUT2D eigenvalue weighted by Gasteiger charge is 2.11. The topological polar surface area (TPSA) is 81.2 Å². The second-order valence-corrected chi connectivity index (χ2v) is 4.49. The molecule has 1 atom stereocenters. The average Bonchev–Trinajstić information content (AvgIpc) is 2.37. The average molecular weight is 275 g/mol. The second-order valence-electron chi connectivity index (χ2n) is 4.49. The van der Waals surface area contributed by atoms with Crippen molar-refractivity contribution in [3.8, 4) is 0 Å². The first-order valence-electron chi connectivity index (χ1n) is 6.02. The number of rotatable bonds is 4. The molecule has 104 valence electrons. The normalized spacial score (nSPS) is 11.9. The van der Waals surface area contributed by atoms with Gasteiger partial charge in [0.25, 0.3) is 5.69 Å². The molecule has 1 unspecified atom stereocenters. The summed E-state index contributed by atoms with van der Waals surface area (Å²) in [5.41, 5.74) is 7.11. The molecule has 2 aromatic carbocycles.